The fourth-order valence-corrected chi connectivity index (χ4v) is 2.35. The van der Waals surface area contributed by atoms with Crippen molar-refractivity contribution >= 4 is 23.8 Å². The van der Waals surface area contributed by atoms with E-state index in [-0.39, 0.29) is 6.61 Å². The van der Waals surface area contributed by atoms with Gasteiger partial charge in [-0.05, 0) is 23.8 Å². The molecule has 1 aliphatic rings. The van der Waals surface area contributed by atoms with Crippen LogP contribution in [0, 0.1) is 0 Å². The molecule has 1 fully saturated rings. The van der Waals surface area contributed by atoms with Gasteiger partial charge in [0.15, 0.2) is 5.60 Å². The molecule has 2 aromatic carbocycles. The van der Waals surface area contributed by atoms with Crippen LogP contribution in [-0.4, -0.2) is 12.8 Å². The summed E-state index contributed by atoms with van der Waals surface area (Å²) in [5.41, 5.74) is 0.969. The number of rotatable bonds is 3. The molecule has 106 valence electrons. The standard InChI is InChI=1S/C17H13ClO3/c18-15-8-6-13(7-9-15)10-11-17(12-20-16(19)21-17)14-4-2-1-3-5-14/h1-11H,12H2. The Morgan fingerprint density at radius 3 is 2.38 bits per heavy atom. The summed E-state index contributed by atoms with van der Waals surface area (Å²) >= 11 is 5.87. The first-order valence-electron chi connectivity index (χ1n) is 6.54. The van der Waals surface area contributed by atoms with Crippen LogP contribution in [0.15, 0.2) is 60.7 Å². The summed E-state index contributed by atoms with van der Waals surface area (Å²) in [6.45, 7) is 0.167. The fraction of sp³-hybridized carbons (Fsp3) is 0.118. The molecule has 0 bridgehead atoms. The van der Waals surface area contributed by atoms with Crippen molar-refractivity contribution in [1.29, 1.82) is 0 Å². The third kappa shape index (κ3) is 2.93. The van der Waals surface area contributed by atoms with Crippen LogP contribution in [0.3, 0.4) is 0 Å². The van der Waals surface area contributed by atoms with Crippen molar-refractivity contribution in [2.75, 3.05) is 6.61 Å². The first kappa shape index (κ1) is 13.7. The minimum atomic E-state index is -0.877. The number of ether oxygens (including phenoxy) is 2. The Hall–Kier alpha value is -2.26. The Labute approximate surface area is 127 Å². The fourth-order valence-electron chi connectivity index (χ4n) is 2.22. The molecule has 1 aliphatic heterocycles. The van der Waals surface area contributed by atoms with Crippen LogP contribution in [-0.2, 0) is 15.1 Å². The van der Waals surface area contributed by atoms with E-state index in [1.165, 1.54) is 0 Å². The SMILES string of the molecule is O=C1OCC(C=Cc2ccc(Cl)cc2)(c2ccccc2)O1. The monoisotopic (exact) mass is 300 g/mol. The maximum atomic E-state index is 11.4. The molecule has 0 N–H and O–H groups in total. The van der Waals surface area contributed by atoms with Crippen molar-refractivity contribution in [2.24, 2.45) is 0 Å². The molecule has 21 heavy (non-hydrogen) atoms. The molecule has 0 radical (unpaired) electrons. The molecule has 3 nitrogen and oxygen atoms in total. The van der Waals surface area contributed by atoms with E-state index in [1.807, 2.05) is 66.7 Å². The largest absolute Gasteiger partial charge is 0.509 e. The van der Waals surface area contributed by atoms with Crippen molar-refractivity contribution in [3.8, 4) is 0 Å². The highest BCUT2D eigenvalue weighted by Crippen LogP contribution is 2.33. The van der Waals surface area contributed by atoms with Crippen molar-refractivity contribution < 1.29 is 14.3 Å². The molecule has 0 saturated carbocycles. The van der Waals surface area contributed by atoms with Crippen LogP contribution in [0.4, 0.5) is 4.79 Å². The molecular weight excluding hydrogens is 288 g/mol. The molecule has 0 spiro atoms. The molecule has 1 unspecified atom stereocenters. The first-order valence-corrected chi connectivity index (χ1v) is 6.92. The van der Waals surface area contributed by atoms with Gasteiger partial charge in [0, 0.05) is 10.6 Å². The minimum absolute atomic E-state index is 0.167. The Morgan fingerprint density at radius 1 is 1.05 bits per heavy atom. The van der Waals surface area contributed by atoms with Gasteiger partial charge in [0.05, 0.1) is 0 Å². The lowest BCUT2D eigenvalue weighted by molar-refractivity contribution is 0.0890. The predicted octanol–water partition coefficient (Wildman–Crippen LogP) is 4.42. The predicted molar refractivity (Wildman–Crippen MR) is 81.0 cm³/mol. The Morgan fingerprint density at radius 2 is 1.76 bits per heavy atom. The van der Waals surface area contributed by atoms with E-state index in [0.717, 1.165) is 11.1 Å². The maximum absolute atomic E-state index is 11.4. The van der Waals surface area contributed by atoms with Crippen LogP contribution in [0.1, 0.15) is 11.1 Å². The topological polar surface area (TPSA) is 35.5 Å². The van der Waals surface area contributed by atoms with Crippen molar-refractivity contribution in [1.82, 2.24) is 0 Å². The van der Waals surface area contributed by atoms with Gasteiger partial charge in [-0.2, -0.15) is 0 Å². The smallest absolute Gasteiger partial charge is 0.429 e. The number of hydrogen-bond acceptors (Lipinski definition) is 3. The molecule has 0 amide bonds. The van der Waals surface area contributed by atoms with Crippen molar-refractivity contribution in [3.05, 3.63) is 76.8 Å². The zero-order valence-corrected chi connectivity index (χ0v) is 11.9. The van der Waals surface area contributed by atoms with Gasteiger partial charge in [-0.15, -0.1) is 0 Å². The molecule has 4 heteroatoms. The van der Waals surface area contributed by atoms with E-state index in [0.29, 0.717) is 5.02 Å². The lowest BCUT2D eigenvalue weighted by atomic mass is 9.93. The van der Waals surface area contributed by atoms with E-state index in [2.05, 4.69) is 0 Å². The van der Waals surface area contributed by atoms with Crippen LogP contribution in [0.2, 0.25) is 5.02 Å². The summed E-state index contributed by atoms with van der Waals surface area (Å²) < 4.78 is 10.4. The van der Waals surface area contributed by atoms with E-state index in [9.17, 15) is 4.79 Å². The molecule has 1 saturated heterocycles. The lowest BCUT2D eigenvalue weighted by Crippen LogP contribution is -2.26. The Bertz CT molecular complexity index is 664. The molecule has 1 atom stereocenters. The Kier molecular flexibility index (Phi) is 3.67. The number of carbonyl (C=O) groups excluding carboxylic acids is 1. The summed E-state index contributed by atoms with van der Waals surface area (Å²) in [6.07, 6.45) is 3.08. The summed E-state index contributed by atoms with van der Waals surface area (Å²) in [4.78, 5) is 11.4. The van der Waals surface area contributed by atoms with Crippen molar-refractivity contribution in [2.45, 2.75) is 5.60 Å². The van der Waals surface area contributed by atoms with Crippen LogP contribution >= 0.6 is 11.6 Å². The highest BCUT2D eigenvalue weighted by atomic mass is 35.5. The van der Waals surface area contributed by atoms with E-state index >= 15 is 0 Å². The number of benzene rings is 2. The number of carbonyl (C=O) groups is 1. The van der Waals surface area contributed by atoms with Gasteiger partial charge in [0.2, 0.25) is 0 Å². The first-order chi connectivity index (χ1) is 10.2. The minimum Gasteiger partial charge on any atom is -0.429 e. The third-order valence-electron chi connectivity index (χ3n) is 3.35. The van der Waals surface area contributed by atoms with Gasteiger partial charge in [-0.1, -0.05) is 60.1 Å². The summed E-state index contributed by atoms with van der Waals surface area (Å²) in [7, 11) is 0. The zero-order valence-electron chi connectivity index (χ0n) is 11.2. The van der Waals surface area contributed by atoms with Gasteiger partial charge >= 0.3 is 6.16 Å². The maximum Gasteiger partial charge on any atom is 0.509 e. The van der Waals surface area contributed by atoms with Gasteiger partial charge in [-0.3, -0.25) is 0 Å². The number of cyclic esters (lactones) is 2. The van der Waals surface area contributed by atoms with E-state index in [1.54, 1.807) is 0 Å². The second kappa shape index (κ2) is 5.62. The van der Waals surface area contributed by atoms with Gasteiger partial charge in [0.1, 0.15) is 6.61 Å². The highest BCUT2D eigenvalue weighted by molar-refractivity contribution is 6.30. The highest BCUT2D eigenvalue weighted by Gasteiger charge is 2.41. The Balaban J connectivity index is 1.94. The van der Waals surface area contributed by atoms with Gasteiger partial charge < -0.3 is 9.47 Å². The average Bonchev–Trinajstić information content (AvgIpc) is 2.90. The summed E-state index contributed by atoms with van der Waals surface area (Å²) in [5.74, 6) is 0. The van der Waals surface area contributed by atoms with Crippen LogP contribution in [0.5, 0.6) is 0 Å². The van der Waals surface area contributed by atoms with Gasteiger partial charge in [-0.25, -0.2) is 4.79 Å². The quantitative estimate of drug-likeness (QED) is 0.787. The van der Waals surface area contributed by atoms with Crippen LogP contribution in [0.25, 0.3) is 6.08 Å². The molecule has 0 aromatic heterocycles. The van der Waals surface area contributed by atoms with Crippen LogP contribution < -0.4 is 0 Å². The second-order valence-electron chi connectivity index (χ2n) is 4.78. The normalized spacial score (nSPS) is 21.3. The van der Waals surface area contributed by atoms with E-state index < -0.39 is 11.8 Å². The van der Waals surface area contributed by atoms with Crippen molar-refractivity contribution in [3.63, 3.8) is 0 Å². The van der Waals surface area contributed by atoms with E-state index in [4.69, 9.17) is 21.1 Å². The molecule has 2 aromatic rings. The zero-order chi connectivity index (χ0) is 14.7. The molecule has 0 aliphatic carbocycles. The second-order valence-corrected chi connectivity index (χ2v) is 5.22. The summed E-state index contributed by atoms with van der Waals surface area (Å²) in [5, 5.41) is 0.681. The molecule has 3 rings (SSSR count). The third-order valence-corrected chi connectivity index (χ3v) is 3.60. The molecule has 1 heterocycles. The average molecular weight is 301 g/mol. The van der Waals surface area contributed by atoms with Gasteiger partial charge in [0.25, 0.3) is 0 Å². The lowest BCUT2D eigenvalue weighted by Gasteiger charge is -2.21. The molecular formula is C17H13ClO3. The number of hydrogen-bond donors (Lipinski definition) is 0. The number of halogens is 1. The summed E-state index contributed by atoms with van der Waals surface area (Å²) in [6, 6.07) is 17.0.